The van der Waals surface area contributed by atoms with Crippen LogP contribution < -0.4 is 0 Å². The summed E-state index contributed by atoms with van der Waals surface area (Å²) >= 11 is 5.22. The van der Waals surface area contributed by atoms with Crippen LogP contribution in [0.25, 0.3) is 4.85 Å². The lowest BCUT2D eigenvalue weighted by Crippen LogP contribution is -1.81. The van der Waals surface area contributed by atoms with Crippen molar-refractivity contribution in [2.24, 2.45) is 0 Å². The van der Waals surface area contributed by atoms with Gasteiger partial charge in [0.05, 0.1) is 40.7 Å². The first kappa shape index (κ1) is 15.6. The highest BCUT2D eigenvalue weighted by Gasteiger charge is 2.35. The molecule has 0 saturated carbocycles. The smallest absolute Gasteiger partial charge is 0.182 e. The van der Waals surface area contributed by atoms with Gasteiger partial charge in [-0.15, -0.1) is 0 Å². The average molecular weight is 364 g/mol. The van der Waals surface area contributed by atoms with Crippen LogP contribution in [-0.4, -0.2) is 10.2 Å². The van der Waals surface area contributed by atoms with Crippen LogP contribution in [0, 0.1) is 17.9 Å². The number of rotatable bonds is 0. The molecule has 2 aliphatic heterocycles. The standard InChI is InChI=1S/C14H8N2O2S4/c1-5(4-15)13-19-9-7(17)11-12(8(18)10(9)20-13)22-14(21-11)6(2)16-3/h17-18H,1-2H3. The SMILES string of the molecule is [C-]#[N+]C(C)=C1Sc2c(O)c3c(c(O)c2S1)SC(=C(C)C#N)S3. The normalized spacial score (nSPS) is 15.1. The van der Waals surface area contributed by atoms with E-state index in [4.69, 9.17) is 11.8 Å². The van der Waals surface area contributed by atoms with Gasteiger partial charge in [-0.05, 0) is 13.8 Å². The third kappa shape index (κ3) is 2.27. The minimum Gasteiger partial charge on any atom is -0.505 e. The van der Waals surface area contributed by atoms with Gasteiger partial charge in [-0.2, -0.15) is 5.26 Å². The van der Waals surface area contributed by atoms with Crippen molar-refractivity contribution in [3.8, 4) is 17.6 Å². The first-order chi connectivity index (χ1) is 10.5. The maximum absolute atomic E-state index is 10.5. The molecule has 2 N–H and O–H groups in total. The Morgan fingerprint density at radius 1 is 0.955 bits per heavy atom. The molecule has 0 aliphatic carbocycles. The second-order valence-corrected chi connectivity index (χ2v) is 9.03. The lowest BCUT2D eigenvalue weighted by molar-refractivity contribution is 0.411. The topological polar surface area (TPSA) is 68.6 Å². The van der Waals surface area contributed by atoms with Crippen molar-refractivity contribution >= 4 is 47.0 Å². The number of phenolic OH excluding ortho intramolecular Hbond substituents is 2. The van der Waals surface area contributed by atoms with Crippen molar-refractivity contribution in [1.82, 2.24) is 0 Å². The first-order valence-corrected chi connectivity index (χ1v) is 9.27. The third-order valence-corrected chi connectivity index (χ3v) is 8.60. The van der Waals surface area contributed by atoms with E-state index < -0.39 is 0 Å². The number of aromatic hydroxyl groups is 2. The minimum atomic E-state index is 0.117. The van der Waals surface area contributed by atoms with Gasteiger partial charge in [0.25, 0.3) is 0 Å². The van der Waals surface area contributed by atoms with Crippen molar-refractivity contribution in [2.75, 3.05) is 0 Å². The first-order valence-electron chi connectivity index (χ1n) is 6.00. The van der Waals surface area contributed by atoms with E-state index in [1.54, 1.807) is 13.8 Å². The van der Waals surface area contributed by atoms with Gasteiger partial charge in [-0.25, -0.2) is 4.85 Å². The zero-order valence-electron chi connectivity index (χ0n) is 11.4. The Morgan fingerprint density at radius 2 is 1.36 bits per heavy atom. The summed E-state index contributed by atoms with van der Waals surface area (Å²) in [5, 5.41) is 30.0. The summed E-state index contributed by atoms with van der Waals surface area (Å²) in [7, 11) is 0. The highest BCUT2D eigenvalue weighted by Crippen LogP contribution is 2.67. The van der Waals surface area contributed by atoms with E-state index in [0.717, 1.165) is 8.47 Å². The molecule has 2 aliphatic rings. The molecule has 1 aromatic rings. The largest absolute Gasteiger partial charge is 0.505 e. The van der Waals surface area contributed by atoms with Crippen molar-refractivity contribution in [3.05, 3.63) is 31.2 Å². The maximum Gasteiger partial charge on any atom is 0.182 e. The molecule has 0 bridgehead atoms. The Balaban J connectivity index is 2.15. The van der Waals surface area contributed by atoms with Gasteiger partial charge in [0, 0.05) is 5.57 Å². The van der Waals surface area contributed by atoms with Crippen LogP contribution in [0.5, 0.6) is 11.5 Å². The molecule has 2 heterocycles. The number of hydrogen-bond acceptors (Lipinski definition) is 7. The summed E-state index contributed by atoms with van der Waals surface area (Å²) in [6.45, 7) is 10.5. The fraction of sp³-hybridized carbons (Fsp3) is 0.143. The average Bonchev–Trinajstić information content (AvgIpc) is 3.16. The molecule has 0 spiro atoms. The number of nitrogens with zero attached hydrogens (tertiary/aromatic N) is 2. The zero-order valence-corrected chi connectivity index (χ0v) is 14.7. The summed E-state index contributed by atoms with van der Waals surface area (Å²) in [5.41, 5.74) is 1.11. The summed E-state index contributed by atoms with van der Waals surface area (Å²) in [4.78, 5) is 5.75. The molecule has 0 unspecified atom stereocenters. The van der Waals surface area contributed by atoms with Crippen molar-refractivity contribution < 1.29 is 10.2 Å². The van der Waals surface area contributed by atoms with Crippen LogP contribution in [0.1, 0.15) is 13.8 Å². The molecule has 0 aromatic heterocycles. The van der Waals surface area contributed by atoms with Crippen LogP contribution in [-0.2, 0) is 0 Å². The number of benzene rings is 1. The number of phenols is 2. The lowest BCUT2D eigenvalue weighted by Gasteiger charge is -2.08. The van der Waals surface area contributed by atoms with E-state index in [1.807, 2.05) is 0 Å². The predicted octanol–water partition coefficient (Wildman–Crippen LogP) is 5.36. The van der Waals surface area contributed by atoms with E-state index in [1.165, 1.54) is 47.0 Å². The number of thioether (sulfide) groups is 4. The fourth-order valence-corrected chi connectivity index (χ4v) is 6.86. The molecule has 3 rings (SSSR count). The Labute approximate surface area is 144 Å². The molecule has 0 saturated heterocycles. The van der Waals surface area contributed by atoms with Gasteiger partial charge in [0.1, 0.15) is 11.5 Å². The fourth-order valence-electron chi connectivity index (χ4n) is 1.82. The van der Waals surface area contributed by atoms with Crippen molar-refractivity contribution in [3.63, 3.8) is 0 Å². The maximum atomic E-state index is 10.5. The van der Waals surface area contributed by atoms with Gasteiger partial charge in [0.2, 0.25) is 0 Å². The Hall–Kier alpha value is -1.32. The molecular weight excluding hydrogens is 356 g/mol. The van der Waals surface area contributed by atoms with Gasteiger partial charge in [0.15, 0.2) is 5.70 Å². The highest BCUT2D eigenvalue weighted by molar-refractivity contribution is 8.25. The van der Waals surface area contributed by atoms with Gasteiger partial charge < -0.3 is 10.2 Å². The van der Waals surface area contributed by atoms with Crippen LogP contribution >= 0.6 is 47.0 Å². The zero-order chi connectivity index (χ0) is 16.0. The molecule has 1 aromatic carbocycles. The molecule has 0 amide bonds. The molecule has 22 heavy (non-hydrogen) atoms. The Bertz CT molecular complexity index is 747. The predicted molar refractivity (Wildman–Crippen MR) is 90.8 cm³/mol. The number of fused-ring (bicyclic) bond motifs is 2. The van der Waals surface area contributed by atoms with Crippen LogP contribution in [0.3, 0.4) is 0 Å². The van der Waals surface area contributed by atoms with Crippen LogP contribution in [0.2, 0.25) is 0 Å². The van der Waals surface area contributed by atoms with Crippen molar-refractivity contribution in [1.29, 1.82) is 5.26 Å². The second-order valence-electron chi connectivity index (χ2n) is 4.43. The quantitative estimate of drug-likeness (QED) is 0.365. The number of allylic oxidation sites excluding steroid dienone is 2. The Morgan fingerprint density at radius 3 is 1.73 bits per heavy atom. The lowest BCUT2D eigenvalue weighted by atomic mass is 10.3. The van der Waals surface area contributed by atoms with E-state index in [-0.39, 0.29) is 11.5 Å². The Kier molecular flexibility index (Phi) is 4.04. The summed E-state index contributed by atoms with van der Waals surface area (Å²) < 4.78 is 1.55. The molecular formula is C14H8N2O2S4. The minimum absolute atomic E-state index is 0.117. The molecule has 0 fully saturated rings. The molecule has 4 nitrogen and oxygen atoms in total. The van der Waals surface area contributed by atoms with E-state index in [2.05, 4.69) is 10.9 Å². The molecule has 8 heteroatoms. The summed E-state index contributed by atoms with van der Waals surface area (Å²) in [5.74, 6) is 0.234. The van der Waals surface area contributed by atoms with E-state index in [9.17, 15) is 10.2 Å². The molecule has 0 atom stereocenters. The molecule has 110 valence electrons. The van der Waals surface area contributed by atoms with E-state index in [0.29, 0.717) is 30.9 Å². The molecule has 0 radical (unpaired) electrons. The third-order valence-electron chi connectivity index (χ3n) is 2.99. The van der Waals surface area contributed by atoms with Crippen LogP contribution in [0.4, 0.5) is 0 Å². The monoisotopic (exact) mass is 364 g/mol. The number of nitriles is 1. The summed E-state index contributed by atoms with van der Waals surface area (Å²) in [6, 6.07) is 2.09. The highest BCUT2D eigenvalue weighted by atomic mass is 32.2. The van der Waals surface area contributed by atoms with Crippen LogP contribution in [0.15, 0.2) is 39.3 Å². The summed E-state index contributed by atoms with van der Waals surface area (Å²) in [6.07, 6.45) is 0. The van der Waals surface area contributed by atoms with E-state index >= 15 is 0 Å². The van der Waals surface area contributed by atoms with Gasteiger partial charge in [-0.1, -0.05) is 47.0 Å². The van der Waals surface area contributed by atoms with Crippen molar-refractivity contribution in [2.45, 2.75) is 33.4 Å². The van der Waals surface area contributed by atoms with Gasteiger partial charge in [-0.3, -0.25) is 0 Å². The van der Waals surface area contributed by atoms with Gasteiger partial charge >= 0.3 is 0 Å². The number of hydrogen-bond donors (Lipinski definition) is 2. The second kappa shape index (κ2) is 5.71.